The lowest BCUT2D eigenvalue weighted by atomic mass is 10.1. The van der Waals surface area contributed by atoms with Crippen LogP contribution < -0.4 is 4.74 Å². The lowest BCUT2D eigenvalue weighted by Crippen LogP contribution is -2.09. The van der Waals surface area contributed by atoms with E-state index in [1.807, 2.05) is 6.07 Å². The van der Waals surface area contributed by atoms with Crippen LogP contribution in [0.5, 0.6) is 5.75 Å². The molecule has 0 aromatic heterocycles. The van der Waals surface area contributed by atoms with Gasteiger partial charge in [-0.2, -0.15) is 5.26 Å². The van der Waals surface area contributed by atoms with E-state index in [4.69, 9.17) is 15.1 Å². The number of hydrogen-bond acceptors (Lipinski definition) is 4. The number of benzene rings is 2. The van der Waals surface area contributed by atoms with Gasteiger partial charge in [0.05, 0.1) is 16.7 Å². The molecule has 5 nitrogen and oxygen atoms in total. The molecule has 2 rings (SSSR count). The normalized spacial score (nSPS) is 9.55. The van der Waals surface area contributed by atoms with E-state index in [1.165, 1.54) is 12.1 Å². The summed E-state index contributed by atoms with van der Waals surface area (Å²) in [7, 11) is 0. The zero-order valence-corrected chi connectivity index (χ0v) is 10.2. The zero-order chi connectivity index (χ0) is 14.5. The van der Waals surface area contributed by atoms with Gasteiger partial charge in [-0.15, -0.1) is 0 Å². The Morgan fingerprint density at radius 1 is 1.05 bits per heavy atom. The number of carbonyl (C=O) groups is 2. The van der Waals surface area contributed by atoms with E-state index < -0.39 is 11.9 Å². The van der Waals surface area contributed by atoms with E-state index in [1.54, 1.807) is 30.3 Å². The first kappa shape index (κ1) is 13.3. The minimum atomic E-state index is -1.15. The predicted molar refractivity (Wildman–Crippen MR) is 69.5 cm³/mol. The zero-order valence-electron chi connectivity index (χ0n) is 10.2. The van der Waals surface area contributed by atoms with Gasteiger partial charge in [0.15, 0.2) is 0 Å². The molecular formula is C15H9NO4. The van der Waals surface area contributed by atoms with E-state index in [-0.39, 0.29) is 16.9 Å². The van der Waals surface area contributed by atoms with Crippen molar-refractivity contribution in [1.82, 2.24) is 0 Å². The van der Waals surface area contributed by atoms with E-state index in [0.29, 0.717) is 5.56 Å². The number of ether oxygens (including phenoxy) is 1. The van der Waals surface area contributed by atoms with Gasteiger partial charge in [0.2, 0.25) is 0 Å². The highest BCUT2D eigenvalue weighted by molar-refractivity contribution is 5.92. The van der Waals surface area contributed by atoms with Crippen LogP contribution in [0, 0.1) is 11.3 Å². The average Bonchev–Trinajstić information content (AvgIpc) is 2.48. The van der Waals surface area contributed by atoms with Crippen LogP contribution in [0.15, 0.2) is 48.5 Å². The van der Waals surface area contributed by atoms with Gasteiger partial charge in [-0.1, -0.05) is 18.2 Å². The van der Waals surface area contributed by atoms with Crippen molar-refractivity contribution in [2.45, 2.75) is 0 Å². The number of esters is 1. The summed E-state index contributed by atoms with van der Waals surface area (Å²) in [6.07, 6.45) is 0. The van der Waals surface area contributed by atoms with Gasteiger partial charge in [-0.05, 0) is 30.3 Å². The molecule has 0 heterocycles. The van der Waals surface area contributed by atoms with Crippen molar-refractivity contribution in [1.29, 1.82) is 5.26 Å². The molecule has 2 aromatic carbocycles. The topological polar surface area (TPSA) is 87.4 Å². The van der Waals surface area contributed by atoms with Gasteiger partial charge in [-0.25, -0.2) is 9.59 Å². The van der Waals surface area contributed by atoms with Gasteiger partial charge in [0.1, 0.15) is 11.8 Å². The molecule has 20 heavy (non-hydrogen) atoms. The molecule has 0 spiro atoms. The minimum Gasteiger partial charge on any atom is -0.478 e. The Kier molecular flexibility index (Phi) is 3.77. The predicted octanol–water partition coefficient (Wildman–Crippen LogP) is 2.48. The summed E-state index contributed by atoms with van der Waals surface area (Å²) in [5, 5.41) is 17.8. The molecular weight excluding hydrogens is 258 g/mol. The third kappa shape index (κ3) is 2.82. The fraction of sp³-hybridized carbons (Fsp3) is 0. The Bertz CT molecular complexity index is 702. The summed E-state index contributed by atoms with van der Waals surface area (Å²) in [6, 6.07) is 13.8. The summed E-state index contributed by atoms with van der Waals surface area (Å²) in [6.45, 7) is 0. The number of nitriles is 1. The second kappa shape index (κ2) is 5.67. The minimum absolute atomic E-state index is 0.00539. The average molecular weight is 267 g/mol. The molecule has 0 atom stereocenters. The largest absolute Gasteiger partial charge is 0.478 e. The van der Waals surface area contributed by atoms with Gasteiger partial charge in [0, 0.05) is 0 Å². The first-order valence-electron chi connectivity index (χ1n) is 5.66. The fourth-order valence-electron chi connectivity index (χ4n) is 1.57. The molecule has 0 saturated carbocycles. The van der Waals surface area contributed by atoms with Gasteiger partial charge >= 0.3 is 11.9 Å². The second-order valence-electron chi connectivity index (χ2n) is 3.88. The summed E-state index contributed by atoms with van der Waals surface area (Å²) < 4.78 is 5.10. The Hall–Kier alpha value is -3.13. The highest BCUT2D eigenvalue weighted by Gasteiger charge is 2.13. The van der Waals surface area contributed by atoms with Crippen LogP contribution in [0.25, 0.3) is 0 Å². The Morgan fingerprint density at radius 2 is 1.75 bits per heavy atom. The van der Waals surface area contributed by atoms with Gasteiger partial charge in [-0.3, -0.25) is 0 Å². The first-order chi connectivity index (χ1) is 9.61. The number of rotatable bonds is 3. The molecule has 98 valence electrons. The van der Waals surface area contributed by atoms with Crippen LogP contribution in [-0.4, -0.2) is 17.0 Å². The smallest absolute Gasteiger partial charge is 0.343 e. The number of carboxylic acids is 1. The molecule has 0 aliphatic heterocycles. The fourth-order valence-corrected chi connectivity index (χ4v) is 1.57. The summed E-state index contributed by atoms with van der Waals surface area (Å²) in [5.74, 6) is -1.72. The Balaban J connectivity index is 2.28. The molecule has 0 radical (unpaired) electrons. The van der Waals surface area contributed by atoms with Crippen LogP contribution in [0.4, 0.5) is 0 Å². The Morgan fingerprint density at radius 3 is 2.35 bits per heavy atom. The number of carboxylic acid groups (broad SMARTS) is 1. The van der Waals surface area contributed by atoms with Crippen molar-refractivity contribution in [3.8, 4) is 11.8 Å². The van der Waals surface area contributed by atoms with Crippen LogP contribution in [-0.2, 0) is 0 Å². The van der Waals surface area contributed by atoms with Crippen molar-refractivity contribution >= 4 is 11.9 Å². The van der Waals surface area contributed by atoms with Crippen LogP contribution in [0.1, 0.15) is 26.3 Å². The summed E-state index contributed by atoms with van der Waals surface area (Å²) >= 11 is 0. The number of hydrogen-bond donors (Lipinski definition) is 1. The van der Waals surface area contributed by atoms with Crippen LogP contribution in [0.3, 0.4) is 0 Å². The third-order valence-corrected chi connectivity index (χ3v) is 2.56. The molecule has 1 N–H and O–H groups in total. The van der Waals surface area contributed by atoms with Crippen molar-refractivity contribution in [2.24, 2.45) is 0 Å². The maximum absolute atomic E-state index is 11.9. The third-order valence-electron chi connectivity index (χ3n) is 2.56. The van der Waals surface area contributed by atoms with Gasteiger partial charge < -0.3 is 9.84 Å². The van der Waals surface area contributed by atoms with Crippen LogP contribution in [0.2, 0.25) is 0 Å². The maximum Gasteiger partial charge on any atom is 0.343 e. The van der Waals surface area contributed by atoms with E-state index in [0.717, 1.165) is 6.07 Å². The van der Waals surface area contributed by atoms with Crippen molar-refractivity contribution in [3.63, 3.8) is 0 Å². The van der Waals surface area contributed by atoms with Crippen LogP contribution >= 0.6 is 0 Å². The summed E-state index contributed by atoms with van der Waals surface area (Å²) in [5.41, 5.74) is 0.300. The SMILES string of the molecule is N#Cc1cc(C(=O)O)ccc1OC(=O)c1ccccc1. The highest BCUT2D eigenvalue weighted by atomic mass is 16.5. The Labute approximate surface area is 114 Å². The maximum atomic E-state index is 11.9. The molecule has 0 aliphatic rings. The lowest BCUT2D eigenvalue weighted by molar-refractivity contribution is 0.0696. The molecule has 0 amide bonds. The molecule has 0 fully saturated rings. The molecule has 0 saturated heterocycles. The number of nitrogens with zero attached hydrogens (tertiary/aromatic N) is 1. The molecule has 0 unspecified atom stereocenters. The number of carbonyl (C=O) groups excluding carboxylic acids is 1. The highest BCUT2D eigenvalue weighted by Crippen LogP contribution is 2.20. The second-order valence-corrected chi connectivity index (χ2v) is 3.88. The number of aromatic carboxylic acids is 1. The van der Waals surface area contributed by atoms with Gasteiger partial charge in [0.25, 0.3) is 0 Å². The quantitative estimate of drug-likeness (QED) is 0.681. The lowest BCUT2D eigenvalue weighted by Gasteiger charge is -2.06. The summed E-state index contributed by atoms with van der Waals surface area (Å²) in [4.78, 5) is 22.7. The van der Waals surface area contributed by atoms with E-state index >= 15 is 0 Å². The molecule has 2 aromatic rings. The molecule has 0 bridgehead atoms. The molecule has 0 aliphatic carbocycles. The van der Waals surface area contributed by atoms with E-state index in [9.17, 15) is 9.59 Å². The van der Waals surface area contributed by atoms with Crippen molar-refractivity contribution in [3.05, 3.63) is 65.2 Å². The van der Waals surface area contributed by atoms with Crippen molar-refractivity contribution < 1.29 is 19.4 Å². The molecule has 5 heteroatoms. The standard InChI is InChI=1S/C15H9NO4/c16-9-12-8-11(14(17)18)6-7-13(12)20-15(19)10-4-2-1-3-5-10/h1-8H,(H,17,18). The first-order valence-corrected chi connectivity index (χ1v) is 5.66. The van der Waals surface area contributed by atoms with E-state index in [2.05, 4.69) is 0 Å². The van der Waals surface area contributed by atoms with Crippen molar-refractivity contribution in [2.75, 3.05) is 0 Å². The monoisotopic (exact) mass is 267 g/mol.